The molecule has 0 aliphatic heterocycles. The number of carboxylic acid groups (broad SMARTS) is 1. The number of hydrogen-bond donors (Lipinski definition) is 2. The predicted octanol–water partition coefficient (Wildman–Crippen LogP) is 3.76. The number of nitrogens with zero attached hydrogens (tertiary/aromatic N) is 1. The molecule has 0 spiro atoms. The fraction of sp³-hybridized carbons (Fsp3) is 0.533. The van der Waals surface area contributed by atoms with Gasteiger partial charge in [-0.3, -0.25) is 14.9 Å². The van der Waals surface area contributed by atoms with E-state index in [0.29, 0.717) is 38.3 Å². The van der Waals surface area contributed by atoms with Crippen molar-refractivity contribution in [2.75, 3.05) is 5.32 Å². The number of hydrogen-bond acceptors (Lipinski definition) is 4. The van der Waals surface area contributed by atoms with Gasteiger partial charge < -0.3 is 10.4 Å². The van der Waals surface area contributed by atoms with Crippen LogP contribution in [0.25, 0.3) is 0 Å². The third-order valence-corrected chi connectivity index (χ3v) is 4.11. The molecule has 0 radical (unpaired) electrons. The first-order chi connectivity index (χ1) is 10.7. The van der Waals surface area contributed by atoms with E-state index in [9.17, 15) is 23.7 Å². The Bertz CT molecular complexity index is 608. The molecule has 6 nitrogen and oxygen atoms in total. The van der Waals surface area contributed by atoms with Crippen LogP contribution in [0.2, 0.25) is 0 Å². The van der Waals surface area contributed by atoms with Crippen molar-refractivity contribution in [1.82, 2.24) is 0 Å². The van der Waals surface area contributed by atoms with Crippen LogP contribution in [0.1, 0.15) is 38.2 Å². The molecule has 0 atom stereocenters. The highest BCUT2D eigenvalue weighted by Crippen LogP contribution is 2.36. The van der Waals surface area contributed by atoms with E-state index in [2.05, 4.69) is 5.32 Å². The van der Waals surface area contributed by atoms with Gasteiger partial charge in [0, 0.05) is 24.7 Å². The highest BCUT2D eigenvalue weighted by molar-refractivity contribution is 5.70. The third kappa shape index (κ3) is 4.14. The molecule has 0 unspecified atom stereocenters. The monoisotopic (exact) mass is 328 g/mol. The Kier molecular flexibility index (Phi) is 4.82. The van der Waals surface area contributed by atoms with Crippen LogP contribution in [0.3, 0.4) is 0 Å². The average Bonchev–Trinajstić information content (AvgIpc) is 2.46. The number of anilines is 1. The minimum atomic E-state index is -3.32. The average molecular weight is 328 g/mol. The first kappa shape index (κ1) is 17.1. The second kappa shape index (κ2) is 6.47. The summed E-state index contributed by atoms with van der Waals surface area (Å²) in [6.45, 7) is 0.622. The maximum Gasteiger partial charge on any atom is 0.306 e. The van der Waals surface area contributed by atoms with Gasteiger partial charge >= 0.3 is 5.97 Å². The van der Waals surface area contributed by atoms with Gasteiger partial charge in [0.1, 0.15) is 5.56 Å². The molecule has 1 aromatic carbocycles. The number of nitrogens with one attached hydrogen (secondary N) is 1. The molecular weight excluding hydrogens is 310 g/mol. The second-order valence-electron chi connectivity index (χ2n) is 5.91. The van der Waals surface area contributed by atoms with Gasteiger partial charge in [-0.2, -0.15) is 0 Å². The maximum absolute atomic E-state index is 13.6. The van der Waals surface area contributed by atoms with Crippen molar-refractivity contribution in [3.63, 3.8) is 0 Å². The van der Waals surface area contributed by atoms with Crippen LogP contribution in [0.5, 0.6) is 0 Å². The summed E-state index contributed by atoms with van der Waals surface area (Å²) in [6.07, 6.45) is 2.28. The van der Waals surface area contributed by atoms with Crippen molar-refractivity contribution in [3.8, 4) is 0 Å². The largest absolute Gasteiger partial charge is 0.481 e. The standard InChI is InChI=1S/C15H18F2N2O4/c1-15(16,17)12-8-11(6-7-13(12)19(22)23)18-10-4-2-9(3-5-10)14(20)21/h6-10,18H,2-5H2,1H3,(H,20,21). The summed E-state index contributed by atoms with van der Waals surface area (Å²) >= 11 is 0. The highest BCUT2D eigenvalue weighted by atomic mass is 19.3. The molecule has 126 valence electrons. The van der Waals surface area contributed by atoms with E-state index < -0.39 is 28.1 Å². The predicted molar refractivity (Wildman–Crippen MR) is 79.7 cm³/mol. The summed E-state index contributed by atoms with van der Waals surface area (Å²) < 4.78 is 27.2. The summed E-state index contributed by atoms with van der Waals surface area (Å²) in [5.74, 6) is -4.49. The van der Waals surface area contributed by atoms with Crippen molar-refractivity contribution in [2.24, 2.45) is 5.92 Å². The topological polar surface area (TPSA) is 92.5 Å². The van der Waals surface area contributed by atoms with Crippen LogP contribution < -0.4 is 5.32 Å². The van der Waals surface area contributed by atoms with Gasteiger partial charge in [0.2, 0.25) is 0 Å². The summed E-state index contributed by atoms with van der Waals surface area (Å²) in [5, 5.41) is 22.9. The minimum Gasteiger partial charge on any atom is -0.481 e. The van der Waals surface area contributed by atoms with Crippen molar-refractivity contribution in [1.29, 1.82) is 0 Å². The molecule has 2 rings (SSSR count). The molecule has 1 saturated carbocycles. The molecule has 0 aromatic heterocycles. The molecule has 0 heterocycles. The van der Waals surface area contributed by atoms with Crippen LogP contribution >= 0.6 is 0 Å². The second-order valence-corrected chi connectivity index (χ2v) is 5.91. The van der Waals surface area contributed by atoms with E-state index in [1.54, 1.807) is 0 Å². The molecule has 0 bridgehead atoms. The van der Waals surface area contributed by atoms with Gasteiger partial charge in [0.25, 0.3) is 11.6 Å². The molecule has 1 fully saturated rings. The molecule has 0 saturated heterocycles. The Morgan fingerprint density at radius 3 is 2.43 bits per heavy atom. The molecule has 1 aliphatic carbocycles. The van der Waals surface area contributed by atoms with Gasteiger partial charge in [-0.1, -0.05) is 0 Å². The number of carbonyl (C=O) groups is 1. The Hall–Kier alpha value is -2.25. The molecule has 1 aromatic rings. The van der Waals surface area contributed by atoms with Gasteiger partial charge in [-0.15, -0.1) is 0 Å². The molecule has 1 aliphatic rings. The number of carboxylic acids is 1. The smallest absolute Gasteiger partial charge is 0.306 e. The molecule has 23 heavy (non-hydrogen) atoms. The normalized spacial score (nSPS) is 21.7. The van der Waals surface area contributed by atoms with Crippen LogP contribution in [0, 0.1) is 16.0 Å². The van der Waals surface area contributed by atoms with Crippen LogP contribution in [-0.2, 0) is 10.7 Å². The number of aliphatic carboxylic acids is 1. The van der Waals surface area contributed by atoms with Crippen molar-refractivity contribution in [3.05, 3.63) is 33.9 Å². The van der Waals surface area contributed by atoms with E-state index in [0.717, 1.165) is 12.1 Å². The fourth-order valence-corrected chi connectivity index (χ4v) is 2.86. The van der Waals surface area contributed by atoms with Crippen molar-refractivity contribution >= 4 is 17.3 Å². The zero-order valence-corrected chi connectivity index (χ0v) is 12.6. The first-order valence-electron chi connectivity index (χ1n) is 7.34. The summed E-state index contributed by atoms with van der Waals surface area (Å²) in [4.78, 5) is 20.9. The maximum atomic E-state index is 13.6. The van der Waals surface area contributed by atoms with Crippen molar-refractivity contribution in [2.45, 2.75) is 44.6 Å². The number of halogens is 2. The van der Waals surface area contributed by atoms with E-state index >= 15 is 0 Å². The third-order valence-electron chi connectivity index (χ3n) is 4.11. The highest BCUT2D eigenvalue weighted by Gasteiger charge is 2.33. The van der Waals surface area contributed by atoms with Crippen LogP contribution in [0.4, 0.5) is 20.2 Å². The summed E-state index contributed by atoms with van der Waals surface area (Å²) in [5.41, 5.74) is -0.866. The molecule has 8 heteroatoms. The zero-order chi connectivity index (χ0) is 17.2. The van der Waals surface area contributed by atoms with E-state index in [1.807, 2.05) is 0 Å². The Morgan fingerprint density at radius 1 is 1.35 bits per heavy atom. The molecular formula is C15H18F2N2O4. The van der Waals surface area contributed by atoms with Crippen LogP contribution in [-0.4, -0.2) is 22.0 Å². The lowest BCUT2D eigenvalue weighted by atomic mass is 9.86. The van der Waals surface area contributed by atoms with Gasteiger partial charge in [-0.05, 0) is 37.8 Å². The Balaban J connectivity index is 2.13. The lowest BCUT2D eigenvalue weighted by Gasteiger charge is -2.28. The molecule has 2 N–H and O–H groups in total. The minimum absolute atomic E-state index is 0.0228. The Labute approximate surface area is 131 Å². The quantitative estimate of drug-likeness (QED) is 0.634. The number of rotatable bonds is 5. The van der Waals surface area contributed by atoms with Gasteiger partial charge in [0.15, 0.2) is 0 Å². The van der Waals surface area contributed by atoms with Crippen molar-refractivity contribution < 1.29 is 23.6 Å². The number of nitro groups is 1. The van der Waals surface area contributed by atoms with Gasteiger partial charge in [-0.25, -0.2) is 8.78 Å². The fourth-order valence-electron chi connectivity index (χ4n) is 2.86. The zero-order valence-electron chi connectivity index (χ0n) is 12.6. The SMILES string of the molecule is CC(F)(F)c1cc(NC2CCC(C(=O)O)CC2)ccc1[N+](=O)[O-]. The summed E-state index contributed by atoms with van der Waals surface area (Å²) in [6, 6.07) is 3.54. The van der Waals surface area contributed by atoms with E-state index in [4.69, 9.17) is 5.11 Å². The number of nitro benzene ring substituents is 1. The molecule has 0 amide bonds. The first-order valence-corrected chi connectivity index (χ1v) is 7.34. The lowest BCUT2D eigenvalue weighted by molar-refractivity contribution is -0.386. The van der Waals surface area contributed by atoms with Gasteiger partial charge in [0.05, 0.1) is 10.8 Å². The summed E-state index contributed by atoms with van der Waals surface area (Å²) in [7, 11) is 0. The number of benzene rings is 1. The van der Waals surface area contributed by atoms with Crippen LogP contribution in [0.15, 0.2) is 18.2 Å². The van der Waals surface area contributed by atoms with E-state index in [-0.39, 0.29) is 12.0 Å². The lowest BCUT2D eigenvalue weighted by Crippen LogP contribution is -2.29. The van der Waals surface area contributed by atoms with E-state index in [1.165, 1.54) is 6.07 Å². The number of alkyl halides is 2. The Morgan fingerprint density at radius 2 is 1.96 bits per heavy atom.